The molecular weight excluding hydrogens is 280 g/mol. The highest BCUT2D eigenvalue weighted by Crippen LogP contribution is 2.25. The summed E-state index contributed by atoms with van der Waals surface area (Å²) in [6.45, 7) is 2.63. The van der Waals surface area contributed by atoms with Gasteiger partial charge in [-0.2, -0.15) is 0 Å². The van der Waals surface area contributed by atoms with Gasteiger partial charge in [0.2, 0.25) is 0 Å². The fourth-order valence-electron chi connectivity index (χ4n) is 2.44. The Morgan fingerprint density at radius 2 is 2.19 bits per heavy atom. The number of methoxy groups -OCH3 is 1. The summed E-state index contributed by atoms with van der Waals surface area (Å²) in [7, 11) is 1.16. The van der Waals surface area contributed by atoms with Gasteiger partial charge in [-0.15, -0.1) is 0 Å². The highest BCUT2D eigenvalue weighted by molar-refractivity contribution is 5.90. The molecule has 0 amide bonds. The summed E-state index contributed by atoms with van der Waals surface area (Å²) in [5.74, 6) is -2.48. The molecule has 1 aromatic carbocycles. The van der Waals surface area contributed by atoms with Crippen LogP contribution in [0.25, 0.3) is 0 Å². The van der Waals surface area contributed by atoms with Crippen molar-refractivity contribution in [2.75, 3.05) is 19.0 Å². The topological polar surface area (TPSA) is 47.6 Å². The Morgan fingerprint density at radius 1 is 1.43 bits per heavy atom. The minimum atomic E-state index is -0.927. The van der Waals surface area contributed by atoms with Crippen molar-refractivity contribution in [3.63, 3.8) is 0 Å². The molecule has 1 fully saturated rings. The highest BCUT2D eigenvalue weighted by atomic mass is 19.1. The monoisotopic (exact) mass is 299 g/mol. The van der Waals surface area contributed by atoms with Gasteiger partial charge >= 0.3 is 5.97 Å². The second-order valence-corrected chi connectivity index (χ2v) is 5.07. The summed E-state index contributed by atoms with van der Waals surface area (Å²) in [5, 5.41) is 3.03. The number of anilines is 1. The smallest absolute Gasteiger partial charge is 0.340 e. The van der Waals surface area contributed by atoms with E-state index in [1.54, 1.807) is 0 Å². The lowest BCUT2D eigenvalue weighted by molar-refractivity contribution is 0.00920. The number of hydrogen-bond acceptors (Lipinski definition) is 4. The fraction of sp³-hybridized carbons (Fsp3) is 0.533. The van der Waals surface area contributed by atoms with Gasteiger partial charge in [0.1, 0.15) is 11.6 Å². The normalized spacial score (nSPS) is 21.9. The molecule has 21 heavy (non-hydrogen) atoms. The van der Waals surface area contributed by atoms with Crippen molar-refractivity contribution in [2.45, 2.75) is 38.3 Å². The molecule has 2 atom stereocenters. The third-order valence-corrected chi connectivity index (χ3v) is 3.64. The van der Waals surface area contributed by atoms with E-state index in [-0.39, 0.29) is 23.4 Å². The van der Waals surface area contributed by atoms with Crippen molar-refractivity contribution in [3.05, 3.63) is 29.3 Å². The first-order valence-corrected chi connectivity index (χ1v) is 7.00. The number of esters is 1. The number of nitrogens with one attached hydrogen (secondary N) is 1. The van der Waals surface area contributed by atoms with Gasteiger partial charge in [0.25, 0.3) is 0 Å². The number of carbonyl (C=O) groups excluding carboxylic acids is 1. The van der Waals surface area contributed by atoms with Gasteiger partial charge in [0.05, 0.1) is 24.5 Å². The molecule has 0 radical (unpaired) electrons. The van der Waals surface area contributed by atoms with Crippen LogP contribution in [0, 0.1) is 11.6 Å². The first-order chi connectivity index (χ1) is 10.0. The molecule has 4 nitrogen and oxygen atoms in total. The molecular formula is C15H19F2NO3. The van der Waals surface area contributed by atoms with Crippen LogP contribution in [0.5, 0.6) is 0 Å². The molecule has 6 heteroatoms. The molecule has 0 aliphatic carbocycles. The summed E-state index contributed by atoms with van der Waals surface area (Å²) < 4.78 is 37.5. The fourth-order valence-corrected chi connectivity index (χ4v) is 2.44. The van der Waals surface area contributed by atoms with E-state index < -0.39 is 17.6 Å². The number of halogens is 2. The Bertz CT molecular complexity index is 522. The third-order valence-electron chi connectivity index (χ3n) is 3.64. The number of carbonyl (C=O) groups is 1. The summed E-state index contributed by atoms with van der Waals surface area (Å²) >= 11 is 0. The molecule has 2 unspecified atom stereocenters. The average molecular weight is 299 g/mol. The molecule has 0 bridgehead atoms. The molecule has 0 saturated carbocycles. The maximum absolute atomic E-state index is 13.8. The minimum absolute atomic E-state index is 0.0363. The zero-order valence-electron chi connectivity index (χ0n) is 12.1. The molecule has 1 heterocycles. The molecule has 1 aromatic rings. The van der Waals surface area contributed by atoms with Crippen LogP contribution in [0.15, 0.2) is 12.1 Å². The van der Waals surface area contributed by atoms with Gasteiger partial charge in [-0.1, -0.05) is 6.92 Å². The van der Waals surface area contributed by atoms with Gasteiger partial charge in [0.15, 0.2) is 0 Å². The molecule has 0 aromatic heterocycles. The van der Waals surface area contributed by atoms with E-state index in [4.69, 9.17) is 4.74 Å². The molecule has 1 aliphatic heterocycles. The van der Waals surface area contributed by atoms with Gasteiger partial charge in [-0.3, -0.25) is 0 Å². The predicted molar refractivity (Wildman–Crippen MR) is 74.4 cm³/mol. The second kappa shape index (κ2) is 6.85. The highest BCUT2D eigenvalue weighted by Gasteiger charge is 2.23. The van der Waals surface area contributed by atoms with Crippen molar-refractivity contribution in [3.8, 4) is 0 Å². The SMILES string of the molecule is CCC1CC(Nc2cc(C(=O)OC)c(F)cc2F)CCO1. The van der Waals surface area contributed by atoms with E-state index in [9.17, 15) is 13.6 Å². The van der Waals surface area contributed by atoms with E-state index in [1.807, 2.05) is 6.92 Å². The number of ether oxygens (including phenoxy) is 2. The summed E-state index contributed by atoms with van der Waals surface area (Å²) in [6.07, 6.45) is 2.51. The lowest BCUT2D eigenvalue weighted by atomic mass is 10.0. The Labute approximate surface area is 122 Å². The average Bonchev–Trinajstić information content (AvgIpc) is 2.49. The van der Waals surface area contributed by atoms with Crippen molar-refractivity contribution < 1.29 is 23.0 Å². The largest absolute Gasteiger partial charge is 0.465 e. The number of benzene rings is 1. The molecule has 1 aliphatic rings. The van der Waals surface area contributed by atoms with Crippen LogP contribution in [0.1, 0.15) is 36.5 Å². The summed E-state index contributed by atoms with van der Waals surface area (Å²) in [5.41, 5.74) is -0.168. The van der Waals surface area contributed by atoms with Gasteiger partial charge in [0, 0.05) is 18.7 Å². The lowest BCUT2D eigenvalue weighted by Gasteiger charge is -2.30. The maximum Gasteiger partial charge on any atom is 0.340 e. The van der Waals surface area contributed by atoms with Crippen molar-refractivity contribution in [1.82, 2.24) is 0 Å². The van der Waals surface area contributed by atoms with Crippen molar-refractivity contribution in [2.24, 2.45) is 0 Å². The van der Waals surface area contributed by atoms with Crippen LogP contribution in [0.4, 0.5) is 14.5 Å². The number of rotatable bonds is 4. The molecule has 1 saturated heterocycles. The zero-order chi connectivity index (χ0) is 15.4. The first-order valence-electron chi connectivity index (χ1n) is 7.00. The summed E-state index contributed by atoms with van der Waals surface area (Å²) in [6, 6.07) is 1.90. The van der Waals surface area contributed by atoms with Gasteiger partial charge in [-0.25, -0.2) is 13.6 Å². The molecule has 116 valence electrons. The zero-order valence-corrected chi connectivity index (χ0v) is 12.1. The van der Waals surface area contributed by atoms with E-state index in [1.165, 1.54) is 0 Å². The Morgan fingerprint density at radius 3 is 2.86 bits per heavy atom. The van der Waals surface area contributed by atoms with E-state index in [0.29, 0.717) is 12.7 Å². The van der Waals surface area contributed by atoms with Gasteiger partial charge < -0.3 is 14.8 Å². The molecule has 2 rings (SSSR count). The Balaban J connectivity index is 2.17. The Kier molecular flexibility index (Phi) is 5.12. The van der Waals surface area contributed by atoms with Crippen LogP contribution in [-0.2, 0) is 9.47 Å². The van der Waals surface area contributed by atoms with E-state index in [2.05, 4.69) is 10.1 Å². The van der Waals surface area contributed by atoms with E-state index >= 15 is 0 Å². The van der Waals surface area contributed by atoms with Crippen molar-refractivity contribution >= 4 is 11.7 Å². The predicted octanol–water partition coefficient (Wildman–Crippen LogP) is 3.12. The second-order valence-electron chi connectivity index (χ2n) is 5.07. The molecule has 0 spiro atoms. The third kappa shape index (κ3) is 3.69. The lowest BCUT2D eigenvalue weighted by Crippen LogP contribution is -2.34. The van der Waals surface area contributed by atoms with Crippen molar-refractivity contribution in [1.29, 1.82) is 0 Å². The molecule has 1 N–H and O–H groups in total. The quantitative estimate of drug-likeness (QED) is 0.868. The standard InChI is InChI=1S/C15H19F2NO3/c1-3-10-6-9(4-5-21-10)18-14-7-11(15(19)20-2)12(16)8-13(14)17/h7-10,18H,3-6H2,1-2H3. The van der Waals surface area contributed by atoms with Gasteiger partial charge in [-0.05, 0) is 25.3 Å². The van der Waals surface area contributed by atoms with E-state index in [0.717, 1.165) is 32.4 Å². The maximum atomic E-state index is 13.8. The number of hydrogen-bond donors (Lipinski definition) is 1. The Hall–Kier alpha value is -1.69. The van der Waals surface area contributed by atoms with Crippen LogP contribution in [0.2, 0.25) is 0 Å². The van der Waals surface area contributed by atoms with Crippen LogP contribution >= 0.6 is 0 Å². The summed E-state index contributed by atoms with van der Waals surface area (Å²) in [4.78, 5) is 11.5. The van der Waals surface area contributed by atoms with Crippen LogP contribution in [-0.4, -0.2) is 31.8 Å². The minimum Gasteiger partial charge on any atom is -0.465 e. The van der Waals surface area contributed by atoms with Crippen LogP contribution < -0.4 is 5.32 Å². The van der Waals surface area contributed by atoms with Crippen LogP contribution in [0.3, 0.4) is 0 Å². The first kappa shape index (κ1) is 15.7.